The molecule has 14 heavy (non-hydrogen) atoms. The van der Waals surface area contributed by atoms with Crippen molar-refractivity contribution in [3.63, 3.8) is 0 Å². The Balaban J connectivity index is 2.52. The predicted molar refractivity (Wildman–Crippen MR) is 55.7 cm³/mol. The molecule has 0 bridgehead atoms. The second kappa shape index (κ2) is 3.21. The third-order valence-electron chi connectivity index (χ3n) is 2.84. The van der Waals surface area contributed by atoms with E-state index in [4.69, 9.17) is 5.73 Å². The van der Waals surface area contributed by atoms with E-state index in [1.54, 1.807) is 0 Å². The van der Waals surface area contributed by atoms with Gasteiger partial charge in [-0.3, -0.25) is 0 Å². The number of aromatic hydroxyl groups is 1. The van der Waals surface area contributed by atoms with Crippen molar-refractivity contribution < 1.29 is 9.50 Å². The summed E-state index contributed by atoms with van der Waals surface area (Å²) in [5.41, 5.74) is 6.07. The van der Waals surface area contributed by atoms with Crippen LogP contribution in [-0.2, 0) is 5.41 Å². The predicted octanol–water partition coefficient (Wildman–Crippen LogP) is 2.28. The summed E-state index contributed by atoms with van der Waals surface area (Å²) in [7, 11) is 0. The van der Waals surface area contributed by atoms with Gasteiger partial charge in [0.15, 0.2) is 0 Å². The van der Waals surface area contributed by atoms with Crippen LogP contribution in [-0.4, -0.2) is 11.7 Å². The van der Waals surface area contributed by atoms with E-state index in [2.05, 4.69) is 15.9 Å². The Bertz CT molecular complexity index is 377. The Morgan fingerprint density at radius 3 is 2.64 bits per heavy atom. The summed E-state index contributed by atoms with van der Waals surface area (Å²) in [5, 5.41) is 9.76. The molecule has 0 atom stereocenters. The Hall–Kier alpha value is -0.610. The smallest absolute Gasteiger partial charge is 0.133 e. The lowest BCUT2D eigenvalue weighted by Gasteiger charge is -2.15. The number of halogens is 2. The van der Waals surface area contributed by atoms with Gasteiger partial charge in [0.1, 0.15) is 11.6 Å². The van der Waals surface area contributed by atoms with Crippen LogP contribution < -0.4 is 5.73 Å². The molecule has 4 heteroatoms. The molecule has 0 spiro atoms. The van der Waals surface area contributed by atoms with Crippen molar-refractivity contribution in [2.24, 2.45) is 5.73 Å². The lowest BCUT2D eigenvalue weighted by molar-refractivity contribution is 0.452. The monoisotopic (exact) mass is 259 g/mol. The van der Waals surface area contributed by atoms with E-state index >= 15 is 0 Å². The van der Waals surface area contributed by atoms with Gasteiger partial charge in [-0.05, 0) is 40.9 Å². The SMILES string of the molecule is NCC1(c2cc(F)cc(Br)c2O)CC1. The first-order chi connectivity index (χ1) is 6.59. The van der Waals surface area contributed by atoms with E-state index in [-0.39, 0.29) is 17.0 Å². The number of hydrogen-bond acceptors (Lipinski definition) is 2. The van der Waals surface area contributed by atoms with Crippen molar-refractivity contribution in [2.75, 3.05) is 6.54 Å². The molecular weight excluding hydrogens is 249 g/mol. The average molecular weight is 260 g/mol. The van der Waals surface area contributed by atoms with E-state index in [0.717, 1.165) is 12.8 Å². The van der Waals surface area contributed by atoms with Crippen molar-refractivity contribution in [3.8, 4) is 5.75 Å². The summed E-state index contributed by atoms with van der Waals surface area (Å²) < 4.78 is 13.5. The summed E-state index contributed by atoms with van der Waals surface area (Å²) in [5.74, 6) is -0.223. The van der Waals surface area contributed by atoms with Gasteiger partial charge < -0.3 is 10.8 Å². The van der Waals surface area contributed by atoms with Gasteiger partial charge in [-0.2, -0.15) is 0 Å². The third-order valence-corrected chi connectivity index (χ3v) is 3.45. The minimum atomic E-state index is -0.343. The van der Waals surface area contributed by atoms with E-state index in [9.17, 15) is 9.50 Å². The lowest BCUT2D eigenvalue weighted by atomic mass is 9.95. The standard InChI is InChI=1S/C10H11BrFNO/c11-8-4-6(12)3-7(9(8)14)10(5-13)1-2-10/h3-4,14H,1-2,5,13H2. The highest BCUT2D eigenvalue weighted by atomic mass is 79.9. The molecule has 1 aliphatic carbocycles. The van der Waals surface area contributed by atoms with Crippen LogP contribution >= 0.6 is 15.9 Å². The summed E-state index contributed by atoms with van der Waals surface area (Å²) in [6.45, 7) is 0.455. The molecule has 3 N–H and O–H groups in total. The molecule has 2 rings (SSSR count). The van der Waals surface area contributed by atoms with Crippen LogP contribution in [0.15, 0.2) is 16.6 Å². The molecule has 1 aliphatic rings. The van der Waals surface area contributed by atoms with Gasteiger partial charge in [-0.15, -0.1) is 0 Å². The van der Waals surface area contributed by atoms with Crippen LogP contribution in [0.4, 0.5) is 4.39 Å². The van der Waals surface area contributed by atoms with E-state index in [1.807, 2.05) is 0 Å². The van der Waals surface area contributed by atoms with Gasteiger partial charge >= 0.3 is 0 Å². The number of nitrogens with two attached hydrogens (primary N) is 1. The maximum absolute atomic E-state index is 13.1. The van der Waals surface area contributed by atoms with Gasteiger partial charge in [0.05, 0.1) is 4.47 Å². The molecular formula is C10H11BrFNO. The van der Waals surface area contributed by atoms with Crippen molar-refractivity contribution in [1.82, 2.24) is 0 Å². The fraction of sp³-hybridized carbons (Fsp3) is 0.400. The first kappa shape index (κ1) is 9.93. The normalized spacial score (nSPS) is 18.2. The molecule has 0 radical (unpaired) electrons. The fourth-order valence-corrected chi connectivity index (χ4v) is 2.14. The minimum Gasteiger partial charge on any atom is -0.506 e. The van der Waals surface area contributed by atoms with E-state index in [1.165, 1.54) is 12.1 Å². The summed E-state index contributed by atoms with van der Waals surface area (Å²) >= 11 is 3.12. The highest BCUT2D eigenvalue weighted by Gasteiger charge is 2.45. The molecule has 2 nitrogen and oxygen atoms in total. The van der Waals surface area contributed by atoms with Gasteiger partial charge in [0.2, 0.25) is 0 Å². The highest BCUT2D eigenvalue weighted by molar-refractivity contribution is 9.10. The average Bonchev–Trinajstić information content (AvgIpc) is 2.92. The molecule has 0 aliphatic heterocycles. The van der Waals surface area contributed by atoms with Crippen molar-refractivity contribution in [3.05, 3.63) is 28.0 Å². The number of hydrogen-bond donors (Lipinski definition) is 2. The number of rotatable bonds is 2. The first-order valence-corrected chi connectivity index (χ1v) is 5.27. The zero-order valence-corrected chi connectivity index (χ0v) is 9.14. The van der Waals surface area contributed by atoms with Crippen LogP contribution in [0, 0.1) is 5.82 Å². The zero-order valence-electron chi connectivity index (χ0n) is 7.56. The fourth-order valence-electron chi connectivity index (χ4n) is 1.70. The van der Waals surface area contributed by atoms with Crippen LogP contribution in [0.3, 0.4) is 0 Å². The second-order valence-corrected chi connectivity index (χ2v) is 4.62. The Morgan fingerprint density at radius 1 is 1.50 bits per heavy atom. The zero-order chi connectivity index (χ0) is 10.3. The van der Waals surface area contributed by atoms with Crippen molar-refractivity contribution >= 4 is 15.9 Å². The number of benzene rings is 1. The quantitative estimate of drug-likeness (QED) is 0.856. The minimum absolute atomic E-state index is 0.120. The van der Waals surface area contributed by atoms with Crippen LogP contribution in [0.1, 0.15) is 18.4 Å². The summed E-state index contributed by atoms with van der Waals surface area (Å²) in [6, 6.07) is 2.63. The molecule has 1 fully saturated rings. The van der Waals surface area contributed by atoms with E-state index < -0.39 is 0 Å². The second-order valence-electron chi connectivity index (χ2n) is 3.77. The maximum atomic E-state index is 13.1. The van der Waals surface area contributed by atoms with Gasteiger partial charge in [0.25, 0.3) is 0 Å². The van der Waals surface area contributed by atoms with Crippen molar-refractivity contribution in [2.45, 2.75) is 18.3 Å². The first-order valence-electron chi connectivity index (χ1n) is 4.48. The topological polar surface area (TPSA) is 46.2 Å². The van der Waals surface area contributed by atoms with Crippen molar-refractivity contribution in [1.29, 1.82) is 0 Å². The summed E-state index contributed by atoms with van der Waals surface area (Å²) in [4.78, 5) is 0. The molecule has 0 aromatic heterocycles. The Morgan fingerprint density at radius 2 is 2.14 bits per heavy atom. The maximum Gasteiger partial charge on any atom is 0.133 e. The van der Waals surface area contributed by atoms with Crippen LogP contribution in [0.2, 0.25) is 0 Å². The molecule has 0 unspecified atom stereocenters. The molecule has 0 amide bonds. The highest BCUT2D eigenvalue weighted by Crippen LogP contribution is 2.51. The molecule has 1 saturated carbocycles. The lowest BCUT2D eigenvalue weighted by Crippen LogP contribution is -2.20. The molecule has 0 heterocycles. The summed E-state index contributed by atoms with van der Waals surface area (Å²) in [6.07, 6.45) is 1.85. The molecule has 1 aromatic carbocycles. The van der Waals surface area contributed by atoms with E-state index in [0.29, 0.717) is 16.6 Å². The Kier molecular flexibility index (Phi) is 2.27. The molecule has 76 valence electrons. The largest absolute Gasteiger partial charge is 0.506 e. The molecule has 1 aromatic rings. The molecule has 0 saturated heterocycles. The van der Waals surface area contributed by atoms with Gasteiger partial charge in [0, 0.05) is 17.5 Å². The third kappa shape index (κ3) is 1.42. The number of phenolic OH excluding ortho intramolecular Hbond substituents is 1. The van der Waals surface area contributed by atoms with Gasteiger partial charge in [-0.25, -0.2) is 4.39 Å². The van der Waals surface area contributed by atoms with Crippen LogP contribution in [0.5, 0.6) is 5.75 Å². The Labute approximate surface area is 90.1 Å². The number of phenols is 1. The van der Waals surface area contributed by atoms with Crippen LogP contribution in [0.25, 0.3) is 0 Å². The van der Waals surface area contributed by atoms with Gasteiger partial charge in [-0.1, -0.05) is 0 Å².